The summed E-state index contributed by atoms with van der Waals surface area (Å²) in [6, 6.07) is 7.69. The zero-order valence-electron chi connectivity index (χ0n) is 10.3. The number of benzene rings is 1. The Kier molecular flexibility index (Phi) is 5.19. The molecule has 1 aromatic heterocycles. The molecule has 0 bridgehead atoms. The topological polar surface area (TPSA) is 70.9 Å². The number of rotatable bonds is 4. The smallest absolute Gasteiger partial charge is 0.236 e. The van der Waals surface area contributed by atoms with Gasteiger partial charge in [-0.1, -0.05) is 18.2 Å². The van der Waals surface area contributed by atoms with E-state index >= 15 is 0 Å². The summed E-state index contributed by atoms with van der Waals surface area (Å²) < 4.78 is 0. The number of hydrogen-bond acceptors (Lipinski definition) is 2. The number of carbonyl (C=O) groups excluding carboxylic acids is 1. The molecule has 0 saturated heterocycles. The van der Waals surface area contributed by atoms with Crippen LogP contribution < -0.4 is 11.1 Å². The fourth-order valence-corrected chi connectivity index (χ4v) is 1.82. The van der Waals surface area contributed by atoms with Crippen LogP contribution in [0.3, 0.4) is 0 Å². The second-order valence-electron chi connectivity index (χ2n) is 4.19. The van der Waals surface area contributed by atoms with E-state index in [1.807, 2.05) is 24.4 Å². The Balaban J connectivity index is 0.00000162. The summed E-state index contributed by atoms with van der Waals surface area (Å²) in [7, 11) is 0. The minimum absolute atomic E-state index is 0. The highest BCUT2D eigenvalue weighted by atomic mass is 35.5. The molecule has 0 spiro atoms. The van der Waals surface area contributed by atoms with Crippen molar-refractivity contribution in [3.8, 4) is 0 Å². The van der Waals surface area contributed by atoms with Gasteiger partial charge in [-0.3, -0.25) is 4.79 Å². The number of halogens is 1. The predicted octanol–water partition coefficient (Wildman–Crippen LogP) is 1.60. The Labute approximate surface area is 112 Å². The maximum absolute atomic E-state index is 11.3. The third-order valence-corrected chi connectivity index (χ3v) is 2.78. The second kappa shape index (κ2) is 6.42. The molecule has 4 nitrogen and oxygen atoms in total. The molecular formula is C13H18ClN3O. The number of aromatic nitrogens is 1. The first-order valence-electron chi connectivity index (χ1n) is 5.77. The fraction of sp³-hybridized carbons (Fsp3) is 0.308. The van der Waals surface area contributed by atoms with Crippen molar-refractivity contribution in [2.75, 3.05) is 6.54 Å². The van der Waals surface area contributed by atoms with Gasteiger partial charge in [0.15, 0.2) is 0 Å². The summed E-state index contributed by atoms with van der Waals surface area (Å²) in [5, 5.41) is 4.02. The number of hydrogen-bond donors (Lipinski definition) is 3. The van der Waals surface area contributed by atoms with E-state index in [1.54, 1.807) is 6.92 Å². The van der Waals surface area contributed by atoms with Gasteiger partial charge in [-0.2, -0.15) is 0 Å². The lowest BCUT2D eigenvalue weighted by Crippen LogP contribution is -2.39. The van der Waals surface area contributed by atoms with Crippen LogP contribution in [0, 0.1) is 0 Å². The number of para-hydroxylation sites is 1. The monoisotopic (exact) mass is 267 g/mol. The van der Waals surface area contributed by atoms with Gasteiger partial charge in [-0.25, -0.2) is 0 Å². The highest BCUT2D eigenvalue weighted by molar-refractivity contribution is 5.85. The Hall–Kier alpha value is -1.52. The van der Waals surface area contributed by atoms with Crippen LogP contribution in [-0.4, -0.2) is 23.5 Å². The first-order chi connectivity index (χ1) is 8.18. The van der Waals surface area contributed by atoms with E-state index in [0.29, 0.717) is 6.54 Å². The van der Waals surface area contributed by atoms with E-state index in [4.69, 9.17) is 5.73 Å². The molecule has 5 heteroatoms. The van der Waals surface area contributed by atoms with Crippen LogP contribution in [0.4, 0.5) is 0 Å². The summed E-state index contributed by atoms with van der Waals surface area (Å²) in [5.74, 6) is -0.107. The minimum Gasteiger partial charge on any atom is -0.361 e. The molecular weight excluding hydrogens is 250 g/mol. The molecule has 0 radical (unpaired) electrons. The largest absolute Gasteiger partial charge is 0.361 e. The van der Waals surface area contributed by atoms with Crippen LogP contribution in [0.25, 0.3) is 10.9 Å². The Bertz CT molecular complexity index is 522. The summed E-state index contributed by atoms with van der Waals surface area (Å²) in [6.07, 6.45) is 2.80. The number of nitrogens with one attached hydrogen (secondary N) is 2. The lowest BCUT2D eigenvalue weighted by atomic mass is 10.1. The fourth-order valence-electron chi connectivity index (χ4n) is 1.82. The van der Waals surface area contributed by atoms with Crippen molar-refractivity contribution in [3.63, 3.8) is 0 Å². The average molecular weight is 268 g/mol. The summed E-state index contributed by atoms with van der Waals surface area (Å²) in [6.45, 7) is 2.29. The molecule has 1 atom stereocenters. The summed E-state index contributed by atoms with van der Waals surface area (Å²) in [4.78, 5) is 14.5. The van der Waals surface area contributed by atoms with Gasteiger partial charge in [0.1, 0.15) is 0 Å². The average Bonchev–Trinajstić information content (AvgIpc) is 2.72. The maximum atomic E-state index is 11.3. The zero-order valence-corrected chi connectivity index (χ0v) is 11.1. The molecule has 0 saturated carbocycles. The molecule has 2 aromatic rings. The molecule has 4 N–H and O–H groups in total. The van der Waals surface area contributed by atoms with E-state index in [9.17, 15) is 4.79 Å². The van der Waals surface area contributed by atoms with Gasteiger partial charge in [0.05, 0.1) is 6.04 Å². The van der Waals surface area contributed by atoms with Gasteiger partial charge in [-0.05, 0) is 25.0 Å². The van der Waals surface area contributed by atoms with E-state index in [2.05, 4.69) is 16.4 Å². The summed E-state index contributed by atoms with van der Waals surface area (Å²) >= 11 is 0. The van der Waals surface area contributed by atoms with Crippen LogP contribution in [0.5, 0.6) is 0 Å². The molecule has 2 rings (SSSR count). The molecule has 1 amide bonds. The van der Waals surface area contributed by atoms with Crippen molar-refractivity contribution in [1.82, 2.24) is 10.3 Å². The molecule has 18 heavy (non-hydrogen) atoms. The van der Waals surface area contributed by atoms with Gasteiger partial charge < -0.3 is 16.0 Å². The molecule has 1 heterocycles. The predicted molar refractivity (Wildman–Crippen MR) is 75.9 cm³/mol. The van der Waals surface area contributed by atoms with Crippen molar-refractivity contribution < 1.29 is 4.79 Å². The number of fused-ring (bicyclic) bond motifs is 1. The SMILES string of the molecule is CC(N)C(=O)NCCc1c[nH]c2ccccc12.Cl. The lowest BCUT2D eigenvalue weighted by Gasteiger charge is -2.06. The Morgan fingerprint density at radius 3 is 2.89 bits per heavy atom. The molecule has 1 unspecified atom stereocenters. The summed E-state index contributed by atoms with van der Waals surface area (Å²) in [5.41, 5.74) is 7.81. The van der Waals surface area contributed by atoms with Crippen LogP contribution in [0.2, 0.25) is 0 Å². The number of amides is 1. The van der Waals surface area contributed by atoms with Crippen molar-refractivity contribution in [3.05, 3.63) is 36.0 Å². The number of nitrogens with two attached hydrogens (primary N) is 1. The second-order valence-corrected chi connectivity index (χ2v) is 4.19. The molecule has 0 aliphatic rings. The van der Waals surface area contributed by atoms with E-state index < -0.39 is 6.04 Å². The van der Waals surface area contributed by atoms with Gasteiger partial charge >= 0.3 is 0 Å². The first-order valence-corrected chi connectivity index (χ1v) is 5.77. The lowest BCUT2D eigenvalue weighted by molar-refractivity contribution is -0.121. The number of H-pyrrole nitrogens is 1. The van der Waals surface area contributed by atoms with Crippen molar-refractivity contribution in [2.45, 2.75) is 19.4 Å². The Morgan fingerprint density at radius 1 is 1.44 bits per heavy atom. The molecule has 1 aromatic carbocycles. The standard InChI is InChI=1S/C13H17N3O.ClH/c1-9(14)13(17)15-7-6-10-8-16-12-5-3-2-4-11(10)12;/h2-5,8-9,16H,6-7,14H2,1H3,(H,15,17);1H. The molecule has 0 fully saturated rings. The minimum atomic E-state index is -0.446. The maximum Gasteiger partial charge on any atom is 0.236 e. The van der Waals surface area contributed by atoms with Crippen LogP contribution in [0.15, 0.2) is 30.5 Å². The van der Waals surface area contributed by atoms with Crippen LogP contribution in [0.1, 0.15) is 12.5 Å². The van der Waals surface area contributed by atoms with Crippen molar-refractivity contribution >= 4 is 29.2 Å². The van der Waals surface area contributed by atoms with Crippen LogP contribution in [-0.2, 0) is 11.2 Å². The van der Waals surface area contributed by atoms with Gasteiger partial charge in [0.2, 0.25) is 5.91 Å². The Morgan fingerprint density at radius 2 is 2.17 bits per heavy atom. The van der Waals surface area contributed by atoms with Gasteiger partial charge in [0, 0.05) is 23.6 Å². The normalized spacial score (nSPS) is 11.9. The van der Waals surface area contributed by atoms with Gasteiger partial charge in [-0.15, -0.1) is 12.4 Å². The highest BCUT2D eigenvalue weighted by Gasteiger charge is 2.07. The van der Waals surface area contributed by atoms with Crippen LogP contribution >= 0.6 is 12.4 Å². The number of aromatic amines is 1. The molecule has 0 aliphatic carbocycles. The number of carbonyl (C=O) groups is 1. The van der Waals surface area contributed by atoms with Crippen molar-refractivity contribution in [1.29, 1.82) is 0 Å². The highest BCUT2D eigenvalue weighted by Crippen LogP contribution is 2.17. The molecule has 98 valence electrons. The van der Waals surface area contributed by atoms with E-state index in [0.717, 1.165) is 11.9 Å². The molecule has 0 aliphatic heterocycles. The van der Waals surface area contributed by atoms with E-state index in [-0.39, 0.29) is 18.3 Å². The zero-order chi connectivity index (χ0) is 12.3. The van der Waals surface area contributed by atoms with Crippen molar-refractivity contribution in [2.24, 2.45) is 5.73 Å². The quantitative estimate of drug-likeness (QED) is 0.787. The third kappa shape index (κ3) is 3.24. The van der Waals surface area contributed by atoms with E-state index in [1.165, 1.54) is 10.9 Å². The third-order valence-electron chi connectivity index (χ3n) is 2.78. The van der Waals surface area contributed by atoms with Gasteiger partial charge in [0.25, 0.3) is 0 Å². The first kappa shape index (κ1) is 14.5.